The molecule has 0 aliphatic carbocycles. The Morgan fingerprint density at radius 2 is 1.55 bits per heavy atom. The monoisotopic (exact) mass is 646 g/mol. The van der Waals surface area contributed by atoms with Gasteiger partial charge in [0.1, 0.15) is 18.2 Å². The summed E-state index contributed by atoms with van der Waals surface area (Å²) in [6.07, 6.45) is 7.99. The minimum absolute atomic E-state index is 0.129. The molecule has 1 unspecified atom stereocenters. The van der Waals surface area contributed by atoms with Gasteiger partial charge in [-0.15, -0.1) is 16.9 Å². The normalized spacial score (nSPS) is 29.1. The summed E-state index contributed by atoms with van der Waals surface area (Å²) in [7, 11) is 0. The Bertz CT molecular complexity index is 1930. The third-order valence-corrected chi connectivity index (χ3v) is 11.9. The quantitative estimate of drug-likeness (QED) is 0.317. The van der Waals surface area contributed by atoms with E-state index in [2.05, 4.69) is 10.3 Å². The lowest BCUT2D eigenvalue weighted by Gasteiger charge is -2.39. The number of anilines is 1. The highest BCUT2D eigenvalue weighted by Crippen LogP contribution is 2.66. The molecule has 3 amide bonds. The van der Waals surface area contributed by atoms with Gasteiger partial charge in [-0.3, -0.25) is 14.4 Å². The number of aromatic nitrogens is 3. The van der Waals surface area contributed by atoms with E-state index in [-0.39, 0.29) is 37.5 Å². The van der Waals surface area contributed by atoms with Gasteiger partial charge in [0.15, 0.2) is 0 Å². The van der Waals surface area contributed by atoms with Crippen LogP contribution in [0.4, 0.5) is 5.69 Å². The molecule has 0 radical (unpaired) electrons. The minimum atomic E-state index is -1.06. The molecule has 4 aliphatic rings. The number of aliphatic hydroxyl groups is 1. The molecule has 6 atom stereocenters. The van der Waals surface area contributed by atoms with E-state index in [0.29, 0.717) is 6.54 Å². The molecule has 11 heteroatoms. The minimum Gasteiger partial charge on any atom is -0.394 e. The first-order valence-corrected chi connectivity index (χ1v) is 16.6. The number of hydrogen-bond acceptors (Lipinski definition) is 7. The van der Waals surface area contributed by atoms with Crippen LogP contribution in [-0.4, -0.2) is 82.9 Å². The highest BCUT2D eigenvalue weighted by molar-refractivity contribution is 8.02. The number of rotatable bonds is 6. The van der Waals surface area contributed by atoms with Crippen molar-refractivity contribution in [1.82, 2.24) is 24.8 Å². The number of nitrogens with zero attached hydrogens (tertiary/aromatic N) is 6. The highest BCUT2D eigenvalue weighted by atomic mass is 32.2. The molecule has 0 saturated carbocycles. The number of aliphatic hydroxyl groups excluding tert-OH is 1. The molecule has 1 N–H and O–H groups in total. The topological polar surface area (TPSA) is 112 Å². The molecule has 5 heterocycles. The van der Waals surface area contributed by atoms with Crippen molar-refractivity contribution in [3.05, 3.63) is 115 Å². The number of amides is 3. The van der Waals surface area contributed by atoms with Crippen LogP contribution in [-0.2, 0) is 21.1 Å². The fraction of sp³-hybridized carbons (Fsp3) is 0.306. The summed E-state index contributed by atoms with van der Waals surface area (Å²) < 4.78 is -0.126. The van der Waals surface area contributed by atoms with Crippen LogP contribution in [0.15, 0.2) is 109 Å². The SMILES string of the molecule is C[C@@]12C=CCN(c3ccccc3)C(=O)[C@@H]1[C@H]1C(=O)N([C@H](CO)c3ccccc3)C3C(=O)N(Cn4nnc5ccccc54)CC=C[C@@]31S2. The molecule has 2 fully saturated rings. The second-order valence-corrected chi connectivity index (χ2v) is 14.5. The number of para-hydroxylation sites is 2. The summed E-state index contributed by atoms with van der Waals surface area (Å²) in [4.78, 5) is 49.7. The van der Waals surface area contributed by atoms with Crippen molar-refractivity contribution in [2.24, 2.45) is 11.8 Å². The molecule has 4 aliphatic heterocycles. The Kier molecular flexibility index (Phi) is 7.07. The lowest BCUT2D eigenvalue weighted by Crippen LogP contribution is -2.54. The fourth-order valence-corrected chi connectivity index (χ4v) is 10.2. The van der Waals surface area contributed by atoms with Gasteiger partial charge < -0.3 is 19.8 Å². The molecular formula is C36H34N6O4S. The summed E-state index contributed by atoms with van der Waals surface area (Å²) in [6, 6.07) is 24.6. The standard InChI is InChI=1S/C36H34N6O4S/c1-35-18-10-21-40(25-14-6-3-7-15-25)32(44)29(35)30-33(45)42(28(22-43)24-12-4-2-5-13-24)31-34(46)39(20-11-19-36(30,31)47-35)23-41-27-17-9-8-16-26(27)37-38-41/h2-19,28-31,43H,20-23H2,1H3/t28-,29+,30+,31?,35-,36+/m1/s1. The van der Waals surface area contributed by atoms with Crippen molar-refractivity contribution in [2.75, 3.05) is 24.6 Å². The average molecular weight is 647 g/mol. The van der Waals surface area contributed by atoms with E-state index in [1.54, 1.807) is 19.4 Å². The van der Waals surface area contributed by atoms with Crippen LogP contribution in [0, 0.1) is 11.8 Å². The summed E-state index contributed by atoms with van der Waals surface area (Å²) in [5, 5.41) is 19.5. The summed E-state index contributed by atoms with van der Waals surface area (Å²) in [5.74, 6) is -2.30. The van der Waals surface area contributed by atoms with Crippen molar-refractivity contribution in [3.63, 3.8) is 0 Å². The molecule has 47 heavy (non-hydrogen) atoms. The van der Waals surface area contributed by atoms with Crippen molar-refractivity contribution in [3.8, 4) is 0 Å². The maximum atomic E-state index is 15.1. The fourth-order valence-electron chi connectivity index (χ4n) is 8.02. The van der Waals surface area contributed by atoms with Gasteiger partial charge in [0.05, 0.1) is 34.7 Å². The molecule has 238 valence electrons. The van der Waals surface area contributed by atoms with E-state index >= 15 is 9.59 Å². The molecule has 1 aromatic heterocycles. The first kappa shape index (κ1) is 29.6. The third kappa shape index (κ3) is 4.47. The zero-order chi connectivity index (χ0) is 32.3. The number of carbonyl (C=O) groups excluding carboxylic acids is 3. The predicted octanol–water partition coefficient (Wildman–Crippen LogP) is 3.81. The molecule has 10 nitrogen and oxygen atoms in total. The predicted molar refractivity (Wildman–Crippen MR) is 179 cm³/mol. The van der Waals surface area contributed by atoms with E-state index in [4.69, 9.17) is 0 Å². The molecule has 2 saturated heterocycles. The number of carbonyl (C=O) groups is 3. The maximum Gasteiger partial charge on any atom is 0.248 e. The maximum absolute atomic E-state index is 15.1. The van der Waals surface area contributed by atoms with Gasteiger partial charge in [-0.1, -0.05) is 90.2 Å². The Balaban J connectivity index is 1.26. The lowest BCUT2D eigenvalue weighted by atomic mass is 9.74. The number of hydrogen-bond donors (Lipinski definition) is 1. The van der Waals surface area contributed by atoms with Gasteiger partial charge in [-0.05, 0) is 36.8 Å². The van der Waals surface area contributed by atoms with Crippen LogP contribution in [0.1, 0.15) is 18.5 Å². The van der Waals surface area contributed by atoms with Gasteiger partial charge in [-0.2, -0.15) is 0 Å². The van der Waals surface area contributed by atoms with Gasteiger partial charge in [0, 0.05) is 23.5 Å². The molecule has 0 bridgehead atoms. The van der Waals surface area contributed by atoms with Crippen LogP contribution in [0.2, 0.25) is 0 Å². The second kappa shape index (κ2) is 11.2. The largest absolute Gasteiger partial charge is 0.394 e. The average Bonchev–Trinajstić information content (AvgIpc) is 3.62. The van der Waals surface area contributed by atoms with Gasteiger partial charge in [0.25, 0.3) is 0 Å². The van der Waals surface area contributed by atoms with E-state index < -0.39 is 33.4 Å². The summed E-state index contributed by atoms with van der Waals surface area (Å²) >= 11 is 1.53. The number of thioether (sulfide) groups is 1. The Morgan fingerprint density at radius 1 is 0.851 bits per heavy atom. The first-order valence-electron chi connectivity index (χ1n) is 15.8. The zero-order valence-corrected chi connectivity index (χ0v) is 26.6. The summed E-state index contributed by atoms with van der Waals surface area (Å²) in [5.41, 5.74) is 2.99. The second-order valence-electron chi connectivity index (χ2n) is 12.7. The van der Waals surface area contributed by atoms with E-state index in [0.717, 1.165) is 22.3 Å². The highest BCUT2D eigenvalue weighted by Gasteiger charge is 2.74. The lowest BCUT2D eigenvalue weighted by molar-refractivity contribution is -0.146. The first-order chi connectivity index (χ1) is 22.9. The van der Waals surface area contributed by atoms with Crippen LogP contribution in [0.25, 0.3) is 11.0 Å². The van der Waals surface area contributed by atoms with Crippen LogP contribution in [0.5, 0.6) is 0 Å². The smallest absolute Gasteiger partial charge is 0.248 e. The van der Waals surface area contributed by atoms with E-state index in [9.17, 15) is 9.90 Å². The van der Waals surface area contributed by atoms with Crippen molar-refractivity contribution in [2.45, 2.75) is 35.2 Å². The molecule has 4 aromatic rings. The molecule has 8 rings (SSSR count). The van der Waals surface area contributed by atoms with Crippen molar-refractivity contribution < 1.29 is 19.5 Å². The summed E-state index contributed by atoms with van der Waals surface area (Å²) in [6.45, 7) is 2.43. The Labute approximate surface area is 276 Å². The van der Waals surface area contributed by atoms with Crippen LogP contribution < -0.4 is 4.90 Å². The zero-order valence-electron chi connectivity index (χ0n) is 25.8. The molecule has 1 spiro atoms. The number of benzene rings is 3. The Morgan fingerprint density at radius 3 is 2.32 bits per heavy atom. The van der Waals surface area contributed by atoms with E-state index in [1.807, 2.05) is 116 Å². The van der Waals surface area contributed by atoms with E-state index in [1.165, 1.54) is 11.8 Å². The molecular weight excluding hydrogens is 613 g/mol. The van der Waals surface area contributed by atoms with Gasteiger partial charge in [0.2, 0.25) is 17.7 Å². The van der Waals surface area contributed by atoms with Gasteiger partial charge in [-0.25, -0.2) is 4.68 Å². The number of likely N-dealkylation sites (tertiary alicyclic amines) is 1. The van der Waals surface area contributed by atoms with Crippen molar-refractivity contribution >= 4 is 46.2 Å². The van der Waals surface area contributed by atoms with Crippen LogP contribution in [0.3, 0.4) is 0 Å². The van der Waals surface area contributed by atoms with Gasteiger partial charge >= 0.3 is 0 Å². The van der Waals surface area contributed by atoms with Crippen molar-refractivity contribution in [1.29, 1.82) is 0 Å². The number of fused-ring (bicyclic) bond motifs is 3. The molecule has 3 aromatic carbocycles. The Hall–Kier alpha value is -4.74. The van der Waals surface area contributed by atoms with Crippen LogP contribution >= 0.6 is 11.8 Å². The third-order valence-electron chi connectivity index (χ3n) is 10.1.